The monoisotopic (exact) mass is 350 g/mol. The molecule has 2 aromatic carbocycles. The largest absolute Gasteiger partial charge is 0.465 e. The van der Waals surface area contributed by atoms with E-state index in [2.05, 4.69) is 5.43 Å². The number of anilines is 1. The summed E-state index contributed by atoms with van der Waals surface area (Å²) in [5, 5.41) is 1.21. The number of aryl methyl sites for hydroxylation is 2. The minimum Gasteiger partial charge on any atom is -0.465 e. The molecule has 0 saturated carbocycles. The molecule has 26 heavy (non-hydrogen) atoms. The predicted octanol–water partition coefficient (Wildman–Crippen LogP) is 2.55. The Morgan fingerprint density at radius 3 is 2.50 bits per heavy atom. The number of nitrogens with zero attached hydrogens (tertiary/aromatic N) is 1. The summed E-state index contributed by atoms with van der Waals surface area (Å²) in [6, 6.07) is 12.1. The van der Waals surface area contributed by atoms with Gasteiger partial charge in [-0.25, -0.2) is 9.80 Å². The lowest BCUT2D eigenvalue weighted by Gasteiger charge is -2.16. The zero-order chi connectivity index (χ0) is 18.8. The third-order valence-corrected chi connectivity index (χ3v) is 4.31. The second-order valence-corrected chi connectivity index (χ2v) is 5.99. The second-order valence-electron chi connectivity index (χ2n) is 5.99. The number of nitrogens with one attached hydrogen (secondary N) is 1. The lowest BCUT2D eigenvalue weighted by Crippen LogP contribution is -2.35. The maximum absolute atomic E-state index is 12.7. The van der Waals surface area contributed by atoms with Crippen molar-refractivity contribution in [3.63, 3.8) is 0 Å². The van der Waals surface area contributed by atoms with Crippen LogP contribution in [-0.4, -0.2) is 24.9 Å². The van der Waals surface area contributed by atoms with Gasteiger partial charge in [-0.15, -0.1) is 0 Å². The number of amides is 2. The van der Waals surface area contributed by atoms with Gasteiger partial charge in [0.25, 0.3) is 11.8 Å². The topological polar surface area (TPSA) is 75.7 Å². The van der Waals surface area contributed by atoms with Crippen molar-refractivity contribution >= 4 is 29.5 Å². The van der Waals surface area contributed by atoms with E-state index in [0.717, 1.165) is 11.1 Å². The number of benzene rings is 2. The van der Waals surface area contributed by atoms with Gasteiger partial charge in [-0.2, -0.15) is 0 Å². The first-order valence-corrected chi connectivity index (χ1v) is 8.04. The Morgan fingerprint density at radius 2 is 1.81 bits per heavy atom. The molecule has 1 aliphatic rings. The fourth-order valence-electron chi connectivity index (χ4n) is 2.68. The van der Waals surface area contributed by atoms with Crippen LogP contribution >= 0.6 is 0 Å². The number of rotatable bonds is 3. The lowest BCUT2D eigenvalue weighted by atomic mass is 10.0. The van der Waals surface area contributed by atoms with E-state index in [0.29, 0.717) is 11.3 Å². The Bertz CT molecular complexity index is 947. The van der Waals surface area contributed by atoms with E-state index >= 15 is 0 Å². The van der Waals surface area contributed by atoms with Gasteiger partial charge >= 0.3 is 5.97 Å². The van der Waals surface area contributed by atoms with Crippen LogP contribution in [0.2, 0.25) is 0 Å². The van der Waals surface area contributed by atoms with E-state index < -0.39 is 17.8 Å². The highest BCUT2D eigenvalue weighted by Crippen LogP contribution is 2.24. The number of ether oxygens (including phenoxy) is 1. The second kappa shape index (κ2) is 6.84. The van der Waals surface area contributed by atoms with Gasteiger partial charge in [0, 0.05) is 0 Å². The maximum atomic E-state index is 12.7. The molecule has 1 fully saturated rings. The van der Waals surface area contributed by atoms with Crippen molar-refractivity contribution in [1.29, 1.82) is 0 Å². The molecule has 1 saturated heterocycles. The van der Waals surface area contributed by atoms with Gasteiger partial charge < -0.3 is 4.74 Å². The number of carbonyl (C=O) groups is 3. The summed E-state index contributed by atoms with van der Waals surface area (Å²) < 4.78 is 4.75. The highest BCUT2D eigenvalue weighted by atomic mass is 16.5. The third-order valence-electron chi connectivity index (χ3n) is 4.31. The number of esters is 1. The molecule has 0 aliphatic carbocycles. The molecule has 1 heterocycles. The maximum Gasteiger partial charge on any atom is 0.338 e. The molecule has 3 rings (SSSR count). The van der Waals surface area contributed by atoms with Crippen LogP contribution in [0.1, 0.15) is 27.0 Å². The molecule has 0 bridgehead atoms. The average molecular weight is 350 g/mol. The van der Waals surface area contributed by atoms with Gasteiger partial charge in [-0.05, 0) is 54.8 Å². The van der Waals surface area contributed by atoms with Crippen LogP contribution in [0.25, 0.3) is 6.08 Å². The number of hydrogen-bond donors (Lipinski definition) is 1. The van der Waals surface area contributed by atoms with E-state index in [1.807, 2.05) is 26.0 Å². The number of hydrogen-bond acceptors (Lipinski definition) is 4. The summed E-state index contributed by atoms with van der Waals surface area (Å²) in [5.41, 5.74) is 5.93. The molecule has 0 atom stereocenters. The zero-order valence-electron chi connectivity index (χ0n) is 14.7. The van der Waals surface area contributed by atoms with E-state index in [9.17, 15) is 14.4 Å². The van der Waals surface area contributed by atoms with Crippen molar-refractivity contribution < 1.29 is 19.1 Å². The van der Waals surface area contributed by atoms with Gasteiger partial charge in [-0.1, -0.05) is 24.3 Å². The predicted molar refractivity (Wildman–Crippen MR) is 97.3 cm³/mol. The fraction of sp³-hybridized carbons (Fsp3) is 0.150. The normalized spacial score (nSPS) is 15.3. The SMILES string of the molecule is COC(=O)c1ccccc1C=C1C(=O)NN(c2ccc(C)c(C)c2)C1=O. The first-order valence-electron chi connectivity index (χ1n) is 8.04. The zero-order valence-corrected chi connectivity index (χ0v) is 14.7. The highest BCUT2D eigenvalue weighted by molar-refractivity contribution is 6.31. The molecule has 6 nitrogen and oxygen atoms in total. The van der Waals surface area contributed by atoms with Crippen LogP contribution in [-0.2, 0) is 14.3 Å². The molecule has 2 aromatic rings. The minimum atomic E-state index is -0.533. The molecule has 1 N–H and O–H groups in total. The summed E-state index contributed by atoms with van der Waals surface area (Å²) in [6.45, 7) is 3.91. The van der Waals surface area contributed by atoms with E-state index in [1.54, 1.807) is 30.3 Å². The third kappa shape index (κ3) is 3.09. The van der Waals surface area contributed by atoms with Crippen molar-refractivity contribution in [3.8, 4) is 0 Å². The molecular formula is C20H18N2O4. The fourth-order valence-corrected chi connectivity index (χ4v) is 2.68. The Morgan fingerprint density at radius 1 is 1.08 bits per heavy atom. The van der Waals surface area contributed by atoms with Gasteiger partial charge in [0.05, 0.1) is 18.4 Å². The number of methoxy groups -OCH3 is 1. The minimum absolute atomic E-state index is 0.0421. The van der Waals surface area contributed by atoms with Crippen molar-refractivity contribution in [2.75, 3.05) is 12.1 Å². The Balaban J connectivity index is 1.99. The summed E-state index contributed by atoms with van der Waals surface area (Å²) in [5.74, 6) is -1.53. The molecule has 1 aliphatic heterocycles. The Kier molecular flexibility index (Phi) is 4.58. The standard InChI is InChI=1S/C20H18N2O4/c1-12-8-9-15(10-13(12)2)22-19(24)17(18(23)21-22)11-14-6-4-5-7-16(14)20(25)26-3/h4-11H,1-3H3,(H,21,23). The van der Waals surface area contributed by atoms with Crippen molar-refractivity contribution in [3.05, 3.63) is 70.3 Å². The van der Waals surface area contributed by atoms with Crippen LogP contribution in [0, 0.1) is 13.8 Å². The Labute approximate surface area is 151 Å². The van der Waals surface area contributed by atoms with Gasteiger partial charge in [0.1, 0.15) is 5.57 Å². The summed E-state index contributed by atoms with van der Waals surface area (Å²) >= 11 is 0. The van der Waals surface area contributed by atoms with E-state index in [-0.39, 0.29) is 11.1 Å². The molecule has 0 radical (unpaired) electrons. The van der Waals surface area contributed by atoms with E-state index in [4.69, 9.17) is 4.74 Å². The molecule has 0 aromatic heterocycles. The van der Waals surface area contributed by atoms with Crippen LogP contribution in [0.15, 0.2) is 48.0 Å². The molecule has 6 heteroatoms. The number of hydrazine groups is 1. The molecular weight excluding hydrogens is 332 g/mol. The average Bonchev–Trinajstić information content (AvgIpc) is 2.92. The van der Waals surface area contributed by atoms with Gasteiger partial charge in [0.2, 0.25) is 0 Å². The smallest absolute Gasteiger partial charge is 0.338 e. The first kappa shape index (κ1) is 17.4. The van der Waals surface area contributed by atoms with Gasteiger partial charge in [0.15, 0.2) is 0 Å². The molecule has 0 unspecified atom stereocenters. The Hall–Kier alpha value is -3.41. The quantitative estimate of drug-likeness (QED) is 0.524. The van der Waals surface area contributed by atoms with Crippen LogP contribution in [0.3, 0.4) is 0 Å². The van der Waals surface area contributed by atoms with E-state index in [1.165, 1.54) is 18.2 Å². The first-order chi connectivity index (χ1) is 12.4. The highest BCUT2D eigenvalue weighted by Gasteiger charge is 2.34. The van der Waals surface area contributed by atoms with Crippen molar-refractivity contribution in [1.82, 2.24) is 5.43 Å². The van der Waals surface area contributed by atoms with Crippen molar-refractivity contribution in [2.45, 2.75) is 13.8 Å². The van der Waals surface area contributed by atoms with Gasteiger partial charge in [-0.3, -0.25) is 15.0 Å². The van der Waals surface area contributed by atoms with Crippen LogP contribution in [0.4, 0.5) is 5.69 Å². The summed E-state index contributed by atoms with van der Waals surface area (Å²) in [4.78, 5) is 36.9. The van der Waals surface area contributed by atoms with Crippen LogP contribution < -0.4 is 10.4 Å². The molecule has 132 valence electrons. The lowest BCUT2D eigenvalue weighted by molar-refractivity contribution is -0.117. The summed E-state index contributed by atoms with van der Waals surface area (Å²) in [6.07, 6.45) is 1.41. The summed E-state index contributed by atoms with van der Waals surface area (Å²) in [7, 11) is 1.28. The van der Waals surface area contributed by atoms with Crippen LogP contribution in [0.5, 0.6) is 0 Å². The van der Waals surface area contributed by atoms with Crippen molar-refractivity contribution in [2.24, 2.45) is 0 Å². The molecule has 2 amide bonds. The number of carbonyl (C=O) groups excluding carboxylic acids is 3. The molecule has 0 spiro atoms.